The van der Waals surface area contributed by atoms with Crippen LogP contribution in [-0.2, 0) is 6.54 Å². The molecule has 0 unspecified atom stereocenters. The van der Waals surface area contributed by atoms with E-state index in [0.29, 0.717) is 17.6 Å². The molecule has 1 aromatic heterocycles. The summed E-state index contributed by atoms with van der Waals surface area (Å²) in [6.07, 6.45) is 1.84. The minimum atomic E-state index is -0.363. The van der Waals surface area contributed by atoms with Crippen LogP contribution in [0, 0.1) is 0 Å². The van der Waals surface area contributed by atoms with E-state index in [1.807, 2.05) is 66.7 Å². The van der Waals surface area contributed by atoms with Crippen molar-refractivity contribution in [3.8, 4) is 39.4 Å². The first-order valence-corrected chi connectivity index (χ1v) is 10.4. The molecule has 0 spiro atoms. The predicted molar refractivity (Wildman–Crippen MR) is 123 cm³/mol. The van der Waals surface area contributed by atoms with Crippen molar-refractivity contribution in [3.63, 3.8) is 0 Å². The summed E-state index contributed by atoms with van der Waals surface area (Å²) in [7, 11) is 0. The Morgan fingerprint density at radius 2 is 1.67 bits per heavy atom. The highest BCUT2D eigenvalue weighted by molar-refractivity contribution is 5.73. The third-order valence-corrected chi connectivity index (χ3v) is 5.55. The molecular weight excluding hydrogens is 423 g/mol. The lowest BCUT2D eigenvalue weighted by Gasteiger charge is -2.08. The van der Waals surface area contributed by atoms with Crippen LogP contribution in [0.25, 0.3) is 27.9 Å². The first-order chi connectivity index (χ1) is 16.2. The van der Waals surface area contributed by atoms with Gasteiger partial charge >= 0.3 is 5.69 Å². The third kappa shape index (κ3) is 4.04. The molecule has 2 N–H and O–H groups in total. The van der Waals surface area contributed by atoms with E-state index in [1.54, 1.807) is 0 Å². The largest absolute Gasteiger partial charge is 0.454 e. The zero-order chi connectivity index (χ0) is 22.8. The second-order valence-electron chi connectivity index (χ2n) is 7.61. The molecule has 0 radical (unpaired) electrons. The van der Waals surface area contributed by atoms with Crippen LogP contribution in [0.3, 0.4) is 0 Å². The lowest BCUT2D eigenvalue weighted by atomic mass is 10.00. The average molecular weight is 444 g/mol. The van der Waals surface area contributed by atoms with E-state index in [1.165, 1.54) is 15.6 Å². The van der Waals surface area contributed by atoms with Gasteiger partial charge in [0.15, 0.2) is 11.5 Å². The van der Waals surface area contributed by atoms with Gasteiger partial charge in [-0.2, -0.15) is 5.10 Å². The molecular formula is C25H21FN4O3. The number of aromatic nitrogens is 3. The van der Waals surface area contributed by atoms with Crippen LogP contribution in [0.4, 0.5) is 4.39 Å². The van der Waals surface area contributed by atoms with Crippen molar-refractivity contribution >= 4 is 0 Å². The number of halogens is 1. The maximum absolute atomic E-state index is 12.8. The summed E-state index contributed by atoms with van der Waals surface area (Å²) in [5.41, 5.74) is 10.1. The number of ether oxygens (including phenoxy) is 2. The summed E-state index contributed by atoms with van der Waals surface area (Å²) in [6.45, 7) is 0.282. The number of hydrogen-bond donors (Lipinski definition) is 1. The molecule has 0 aliphatic carbocycles. The lowest BCUT2D eigenvalue weighted by Crippen LogP contribution is -2.25. The summed E-state index contributed by atoms with van der Waals surface area (Å²) in [6, 6.07) is 21.6. The first kappa shape index (κ1) is 20.7. The van der Waals surface area contributed by atoms with Crippen molar-refractivity contribution in [2.45, 2.75) is 6.54 Å². The third-order valence-electron chi connectivity index (χ3n) is 5.55. The van der Waals surface area contributed by atoms with E-state index in [4.69, 9.17) is 15.2 Å². The Balaban J connectivity index is 1.41. The van der Waals surface area contributed by atoms with Crippen LogP contribution >= 0.6 is 0 Å². The Kier molecular flexibility index (Phi) is 5.50. The van der Waals surface area contributed by atoms with Gasteiger partial charge in [-0.25, -0.2) is 18.4 Å². The SMILES string of the molecule is NC/C(=C\F)Cn1ncn(-c2cccc(-c3ccc(-c4ccc5c(c4)OCO5)cc3)c2)c1=O. The van der Waals surface area contributed by atoms with Gasteiger partial charge in [0.1, 0.15) is 6.33 Å². The van der Waals surface area contributed by atoms with Crippen LogP contribution in [0.15, 0.2) is 89.8 Å². The van der Waals surface area contributed by atoms with Gasteiger partial charge in [-0.05, 0) is 52.1 Å². The molecule has 5 rings (SSSR count). The van der Waals surface area contributed by atoms with Gasteiger partial charge in [-0.15, -0.1) is 0 Å². The molecule has 0 atom stereocenters. The van der Waals surface area contributed by atoms with Gasteiger partial charge < -0.3 is 15.2 Å². The average Bonchev–Trinajstić information content (AvgIpc) is 3.48. The van der Waals surface area contributed by atoms with E-state index in [-0.39, 0.29) is 25.6 Å². The standard InChI is InChI=1S/C25H21FN4O3/c26-12-17(13-27)14-30-25(31)29(15-28-30)22-3-1-2-20(10-22)18-4-6-19(7-5-18)21-8-9-23-24(11-21)33-16-32-23/h1-12,15H,13-14,16,27H2/b17-12+. The monoisotopic (exact) mass is 444 g/mol. The summed E-state index contributed by atoms with van der Waals surface area (Å²) < 4.78 is 26.3. The summed E-state index contributed by atoms with van der Waals surface area (Å²) >= 11 is 0. The molecule has 7 nitrogen and oxygen atoms in total. The fourth-order valence-corrected chi connectivity index (χ4v) is 3.73. The van der Waals surface area contributed by atoms with Crippen molar-refractivity contribution < 1.29 is 13.9 Å². The predicted octanol–water partition coefficient (Wildman–Crippen LogP) is 3.91. The second kappa shape index (κ2) is 8.76. The van der Waals surface area contributed by atoms with Gasteiger partial charge in [0.05, 0.1) is 18.6 Å². The van der Waals surface area contributed by atoms with E-state index in [0.717, 1.165) is 33.8 Å². The summed E-state index contributed by atoms with van der Waals surface area (Å²) in [5.74, 6) is 1.50. The van der Waals surface area contributed by atoms with Crippen LogP contribution in [0.1, 0.15) is 0 Å². The quantitative estimate of drug-likeness (QED) is 0.488. The zero-order valence-electron chi connectivity index (χ0n) is 17.6. The Morgan fingerprint density at radius 3 is 2.39 bits per heavy atom. The number of fused-ring (bicyclic) bond motifs is 1. The van der Waals surface area contributed by atoms with Crippen LogP contribution in [0.5, 0.6) is 11.5 Å². The molecule has 1 aliphatic heterocycles. The molecule has 33 heavy (non-hydrogen) atoms. The minimum absolute atomic E-state index is 0.0137. The topological polar surface area (TPSA) is 84.3 Å². The molecule has 0 amide bonds. The maximum atomic E-state index is 12.8. The number of nitrogens with two attached hydrogens (primary N) is 1. The molecule has 166 valence electrons. The molecule has 1 aliphatic rings. The van der Waals surface area contributed by atoms with Crippen molar-refractivity contribution in [3.05, 3.63) is 95.4 Å². The van der Waals surface area contributed by atoms with Gasteiger partial charge in [0.25, 0.3) is 0 Å². The number of hydrogen-bond acceptors (Lipinski definition) is 5. The van der Waals surface area contributed by atoms with Gasteiger partial charge in [-0.1, -0.05) is 42.5 Å². The fourth-order valence-electron chi connectivity index (χ4n) is 3.73. The smallest absolute Gasteiger partial charge is 0.350 e. The number of nitrogens with zero attached hydrogens (tertiary/aromatic N) is 3. The highest BCUT2D eigenvalue weighted by Crippen LogP contribution is 2.36. The van der Waals surface area contributed by atoms with Gasteiger partial charge in [0, 0.05) is 6.54 Å². The molecule has 0 bridgehead atoms. The molecule has 0 saturated carbocycles. The van der Waals surface area contributed by atoms with Crippen LogP contribution in [-0.4, -0.2) is 27.7 Å². The number of rotatable bonds is 6. The van der Waals surface area contributed by atoms with Crippen LogP contribution < -0.4 is 20.9 Å². The van der Waals surface area contributed by atoms with Crippen molar-refractivity contribution in [1.82, 2.24) is 14.3 Å². The van der Waals surface area contributed by atoms with E-state index < -0.39 is 0 Å². The Hall–Kier alpha value is -4.17. The normalized spacial score (nSPS) is 12.8. The Bertz CT molecular complexity index is 1390. The molecule has 3 aromatic carbocycles. The van der Waals surface area contributed by atoms with E-state index in [9.17, 15) is 9.18 Å². The van der Waals surface area contributed by atoms with Crippen molar-refractivity contribution in [2.24, 2.45) is 5.73 Å². The van der Waals surface area contributed by atoms with Crippen molar-refractivity contribution in [1.29, 1.82) is 0 Å². The molecule has 8 heteroatoms. The minimum Gasteiger partial charge on any atom is -0.454 e. The molecule has 2 heterocycles. The maximum Gasteiger partial charge on any atom is 0.350 e. The Labute approximate surface area is 189 Å². The van der Waals surface area contributed by atoms with Crippen LogP contribution in [0.2, 0.25) is 0 Å². The molecule has 0 fully saturated rings. The second-order valence-corrected chi connectivity index (χ2v) is 7.61. The molecule has 4 aromatic rings. The van der Waals surface area contributed by atoms with E-state index >= 15 is 0 Å². The van der Waals surface area contributed by atoms with Gasteiger partial charge in [0.2, 0.25) is 6.79 Å². The number of benzene rings is 3. The summed E-state index contributed by atoms with van der Waals surface area (Å²) in [4.78, 5) is 12.7. The lowest BCUT2D eigenvalue weighted by molar-refractivity contribution is 0.174. The highest BCUT2D eigenvalue weighted by atomic mass is 19.1. The molecule has 0 saturated heterocycles. The van der Waals surface area contributed by atoms with Crippen molar-refractivity contribution in [2.75, 3.05) is 13.3 Å². The highest BCUT2D eigenvalue weighted by Gasteiger charge is 2.14. The Morgan fingerprint density at radius 1 is 0.970 bits per heavy atom. The zero-order valence-corrected chi connectivity index (χ0v) is 17.6. The fraction of sp³-hybridized carbons (Fsp3) is 0.120. The van der Waals surface area contributed by atoms with E-state index in [2.05, 4.69) is 5.10 Å². The first-order valence-electron chi connectivity index (χ1n) is 10.4. The van der Waals surface area contributed by atoms with Gasteiger partial charge in [-0.3, -0.25) is 0 Å². The summed E-state index contributed by atoms with van der Waals surface area (Å²) in [5, 5.41) is 4.09.